The number of fused-ring (bicyclic) bond motifs is 3. The Kier molecular flexibility index (Phi) is 5.29. The molecule has 0 saturated heterocycles. The third kappa shape index (κ3) is 3.65. The zero-order chi connectivity index (χ0) is 33.2. The smallest absolute Gasteiger partial charge is 0.0541 e. The third-order valence-electron chi connectivity index (χ3n) is 11.5. The number of para-hydroxylation sites is 2. The normalized spacial score (nSPS) is 12.3. The zero-order valence-electron chi connectivity index (χ0n) is 27.7. The maximum absolute atomic E-state index is 2.39. The van der Waals surface area contributed by atoms with Gasteiger partial charge in [-0.05, 0) is 111 Å². The van der Waals surface area contributed by atoms with E-state index in [1.54, 1.807) is 0 Å². The molecule has 12 rings (SSSR count). The maximum atomic E-state index is 2.39. The SMILES string of the molecule is c1cc2ccc3ccc(-c4ccc5ccc6c(-c7ccc(-n8c9ccccc9c9ccccc98)cc7)ccc7ccc4c5c76)c4ccc(c1)c2c34. The van der Waals surface area contributed by atoms with Crippen LogP contribution >= 0.6 is 0 Å². The standard InChI is InChI=1S/C50H29N/c1-3-10-45-40(8-1)41-9-2-4-11-46(41)51(45)36-22-14-30(15-23-36)37-24-16-34-21-29-44-39(26-18-35-20-27-42(37)49(34)50(35)44)38-25-17-33-13-12-31-6-5-7-32-19-28-43(38)48(33)47(31)32/h1-29H. The van der Waals surface area contributed by atoms with E-state index in [-0.39, 0.29) is 0 Å². The Balaban J connectivity index is 1.05. The molecule has 0 fully saturated rings. The summed E-state index contributed by atoms with van der Waals surface area (Å²) in [5, 5.41) is 18.3. The molecule has 1 nitrogen and oxygen atoms in total. The van der Waals surface area contributed by atoms with Gasteiger partial charge in [-0.3, -0.25) is 0 Å². The van der Waals surface area contributed by atoms with Crippen LogP contribution in [0, 0.1) is 0 Å². The van der Waals surface area contributed by atoms with Gasteiger partial charge in [-0.1, -0.05) is 152 Å². The van der Waals surface area contributed by atoms with Gasteiger partial charge < -0.3 is 4.57 Å². The van der Waals surface area contributed by atoms with E-state index in [0.29, 0.717) is 0 Å². The molecule has 0 radical (unpaired) electrons. The van der Waals surface area contributed by atoms with Gasteiger partial charge in [0.15, 0.2) is 0 Å². The van der Waals surface area contributed by atoms with E-state index in [2.05, 4.69) is 180 Å². The highest BCUT2D eigenvalue weighted by Gasteiger charge is 2.18. The van der Waals surface area contributed by atoms with Gasteiger partial charge in [0.1, 0.15) is 0 Å². The van der Waals surface area contributed by atoms with Crippen LogP contribution in [0.3, 0.4) is 0 Å². The van der Waals surface area contributed by atoms with Crippen LogP contribution in [-0.2, 0) is 0 Å². The van der Waals surface area contributed by atoms with Crippen LogP contribution in [0.1, 0.15) is 0 Å². The number of hydrogen-bond acceptors (Lipinski definition) is 0. The molecule has 0 aliphatic heterocycles. The van der Waals surface area contributed by atoms with Crippen LogP contribution < -0.4 is 0 Å². The summed E-state index contributed by atoms with van der Waals surface area (Å²) in [6.45, 7) is 0. The summed E-state index contributed by atoms with van der Waals surface area (Å²) in [6, 6.07) is 65.6. The van der Waals surface area contributed by atoms with Crippen molar-refractivity contribution in [3.05, 3.63) is 176 Å². The molecule has 0 atom stereocenters. The lowest BCUT2D eigenvalue weighted by Gasteiger charge is -2.18. The molecule has 0 N–H and O–H groups in total. The average Bonchev–Trinajstić information content (AvgIpc) is 3.53. The number of benzene rings is 11. The van der Waals surface area contributed by atoms with Gasteiger partial charge in [0.25, 0.3) is 0 Å². The van der Waals surface area contributed by atoms with Crippen LogP contribution in [0.25, 0.3) is 114 Å². The summed E-state index contributed by atoms with van der Waals surface area (Å²) >= 11 is 0. The molecule has 11 aromatic carbocycles. The molecule has 51 heavy (non-hydrogen) atoms. The second-order valence-electron chi connectivity index (χ2n) is 14.0. The van der Waals surface area contributed by atoms with E-state index in [9.17, 15) is 0 Å². The quantitative estimate of drug-likeness (QED) is 0.169. The van der Waals surface area contributed by atoms with E-state index in [1.165, 1.54) is 114 Å². The molecule has 1 heterocycles. The zero-order valence-corrected chi connectivity index (χ0v) is 27.7. The minimum absolute atomic E-state index is 1.17. The van der Waals surface area contributed by atoms with Crippen LogP contribution in [0.2, 0.25) is 0 Å². The van der Waals surface area contributed by atoms with Crippen molar-refractivity contribution in [3.8, 4) is 27.9 Å². The predicted octanol–water partition coefficient (Wildman–Crippen LogP) is 13.9. The molecule has 1 heteroatoms. The van der Waals surface area contributed by atoms with E-state index in [0.717, 1.165) is 0 Å². The predicted molar refractivity (Wildman–Crippen MR) is 219 cm³/mol. The highest BCUT2D eigenvalue weighted by atomic mass is 15.0. The number of rotatable bonds is 3. The largest absolute Gasteiger partial charge is 0.309 e. The molecule has 0 amide bonds. The molecular weight excluding hydrogens is 615 g/mol. The van der Waals surface area contributed by atoms with Crippen molar-refractivity contribution < 1.29 is 0 Å². The second-order valence-corrected chi connectivity index (χ2v) is 14.0. The molecule has 0 bridgehead atoms. The highest BCUT2D eigenvalue weighted by Crippen LogP contribution is 2.45. The molecule has 234 valence electrons. The van der Waals surface area contributed by atoms with E-state index < -0.39 is 0 Å². The summed E-state index contributed by atoms with van der Waals surface area (Å²) in [5.74, 6) is 0. The van der Waals surface area contributed by atoms with Crippen LogP contribution in [-0.4, -0.2) is 4.57 Å². The summed E-state index contributed by atoms with van der Waals surface area (Å²) in [5.41, 5.74) is 8.70. The first-order chi connectivity index (χ1) is 25.3. The van der Waals surface area contributed by atoms with Crippen molar-refractivity contribution >= 4 is 86.4 Å². The van der Waals surface area contributed by atoms with Crippen LogP contribution in [0.5, 0.6) is 0 Å². The Morgan fingerprint density at radius 1 is 0.255 bits per heavy atom. The first-order valence-corrected chi connectivity index (χ1v) is 17.8. The monoisotopic (exact) mass is 643 g/mol. The summed E-state index contributed by atoms with van der Waals surface area (Å²) in [6.07, 6.45) is 0. The van der Waals surface area contributed by atoms with Gasteiger partial charge in [0, 0.05) is 16.5 Å². The van der Waals surface area contributed by atoms with E-state index in [1.807, 2.05) is 0 Å². The van der Waals surface area contributed by atoms with Gasteiger partial charge in [-0.15, -0.1) is 0 Å². The van der Waals surface area contributed by atoms with Crippen molar-refractivity contribution in [2.45, 2.75) is 0 Å². The Labute approximate surface area is 293 Å². The number of aromatic nitrogens is 1. The minimum atomic E-state index is 1.17. The molecular formula is C50H29N. The molecule has 0 unspecified atom stereocenters. The molecule has 1 aromatic heterocycles. The highest BCUT2D eigenvalue weighted by molar-refractivity contribution is 6.30. The van der Waals surface area contributed by atoms with Crippen molar-refractivity contribution in [2.24, 2.45) is 0 Å². The lowest BCUT2D eigenvalue weighted by Crippen LogP contribution is -1.94. The minimum Gasteiger partial charge on any atom is -0.309 e. The first-order valence-electron chi connectivity index (χ1n) is 17.8. The van der Waals surface area contributed by atoms with Crippen LogP contribution in [0.4, 0.5) is 0 Å². The Hall–Kier alpha value is -6.70. The lowest BCUT2D eigenvalue weighted by molar-refractivity contribution is 1.18. The van der Waals surface area contributed by atoms with E-state index in [4.69, 9.17) is 0 Å². The lowest BCUT2D eigenvalue weighted by atomic mass is 9.85. The fourth-order valence-electron chi connectivity index (χ4n) is 9.25. The van der Waals surface area contributed by atoms with Gasteiger partial charge in [0.2, 0.25) is 0 Å². The first kappa shape index (κ1) is 27.2. The second kappa shape index (κ2) is 9.94. The molecule has 0 saturated carbocycles. The van der Waals surface area contributed by atoms with Crippen LogP contribution in [0.15, 0.2) is 176 Å². The molecule has 0 spiro atoms. The Morgan fingerprint density at radius 2 is 0.667 bits per heavy atom. The fraction of sp³-hybridized carbons (Fsp3) is 0. The summed E-state index contributed by atoms with van der Waals surface area (Å²) < 4.78 is 2.39. The van der Waals surface area contributed by atoms with Gasteiger partial charge in [-0.25, -0.2) is 0 Å². The fourth-order valence-corrected chi connectivity index (χ4v) is 9.25. The number of hydrogen-bond donors (Lipinski definition) is 0. The summed E-state index contributed by atoms with van der Waals surface area (Å²) in [7, 11) is 0. The van der Waals surface area contributed by atoms with Gasteiger partial charge >= 0.3 is 0 Å². The summed E-state index contributed by atoms with van der Waals surface area (Å²) in [4.78, 5) is 0. The van der Waals surface area contributed by atoms with Crippen molar-refractivity contribution in [3.63, 3.8) is 0 Å². The Bertz CT molecular complexity index is 3270. The molecule has 12 aromatic rings. The van der Waals surface area contributed by atoms with Gasteiger partial charge in [0.05, 0.1) is 11.0 Å². The third-order valence-corrected chi connectivity index (χ3v) is 11.5. The Morgan fingerprint density at radius 3 is 1.22 bits per heavy atom. The van der Waals surface area contributed by atoms with Crippen molar-refractivity contribution in [2.75, 3.05) is 0 Å². The maximum Gasteiger partial charge on any atom is 0.0541 e. The van der Waals surface area contributed by atoms with Crippen molar-refractivity contribution in [1.82, 2.24) is 4.57 Å². The topological polar surface area (TPSA) is 4.93 Å². The average molecular weight is 644 g/mol. The van der Waals surface area contributed by atoms with Gasteiger partial charge in [-0.2, -0.15) is 0 Å². The number of nitrogens with zero attached hydrogens (tertiary/aromatic N) is 1. The molecule has 0 aliphatic rings. The van der Waals surface area contributed by atoms with E-state index >= 15 is 0 Å². The molecule has 0 aliphatic carbocycles. The van der Waals surface area contributed by atoms with Crippen molar-refractivity contribution in [1.29, 1.82) is 0 Å².